The maximum atomic E-state index is 13.2. The van der Waals surface area contributed by atoms with Crippen molar-refractivity contribution < 1.29 is 14.7 Å². The third kappa shape index (κ3) is 7.75. The van der Waals surface area contributed by atoms with Crippen LogP contribution in [0.5, 0.6) is 0 Å². The lowest BCUT2D eigenvalue weighted by molar-refractivity contribution is -0.121. The molecule has 2 heterocycles. The van der Waals surface area contributed by atoms with Crippen molar-refractivity contribution in [2.75, 3.05) is 6.61 Å². The lowest BCUT2D eigenvalue weighted by atomic mass is 9.99. The van der Waals surface area contributed by atoms with Crippen molar-refractivity contribution in [3.8, 4) is 16.8 Å². The minimum absolute atomic E-state index is 0.134. The van der Waals surface area contributed by atoms with Gasteiger partial charge in [-0.25, -0.2) is 0 Å². The van der Waals surface area contributed by atoms with Gasteiger partial charge < -0.3 is 10.4 Å². The summed E-state index contributed by atoms with van der Waals surface area (Å²) in [5.74, 6) is -0.631. The number of carbonyl (C=O) groups excluding carboxylic acids is 2. The van der Waals surface area contributed by atoms with Gasteiger partial charge in [0.2, 0.25) is 5.91 Å². The molecule has 5 rings (SSSR count). The van der Waals surface area contributed by atoms with Gasteiger partial charge in [-0.15, -0.1) is 10.2 Å². The Hall–Kier alpha value is -4.77. The summed E-state index contributed by atoms with van der Waals surface area (Å²) in [4.78, 5) is 24.9. The van der Waals surface area contributed by atoms with E-state index in [0.29, 0.717) is 34.0 Å². The molecule has 2 aromatic heterocycles. The van der Waals surface area contributed by atoms with Gasteiger partial charge in [0, 0.05) is 28.6 Å². The highest BCUT2D eigenvalue weighted by molar-refractivity contribution is 6.32. The number of nitrogens with one attached hydrogen (secondary N) is 1. The molecule has 0 saturated heterocycles. The van der Waals surface area contributed by atoms with E-state index < -0.39 is 12.6 Å². The minimum atomic E-state index is -0.539. The number of Topliss-reactive ketones (excluding diaryl/α,β-unsaturated/α-hetero) is 1. The summed E-state index contributed by atoms with van der Waals surface area (Å²) in [6, 6.07) is 23.4. The molecule has 1 amide bonds. The Bertz CT molecular complexity index is 1750. The molecule has 0 saturated carbocycles. The lowest BCUT2D eigenvalue weighted by Gasteiger charge is -2.18. The summed E-state index contributed by atoms with van der Waals surface area (Å²) in [5, 5.41) is 32.6. The van der Waals surface area contributed by atoms with Crippen LogP contribution in [0.15, 0.2) is 91.3 Å². The van der Waals surface area contributed by atoms with Gasteiger partial charge in [0.15, 0.2) is 10.9 Å². The van der Waals surface area contributed by atoms with E-state index in [9.17, 15) is 9.59 Å². The van der Waals surface area contributed by atoms with Crippen molar-refractivity contribution >= 4 is 41.0 Å². The number of benzene rings is 3. The number of hydrogen-bond donors (Lipinski definition) is 2. The van der Waals surface area contributed by atoms with Gasteiger partial charge in [-0.2, -0.15) is 9.78 Å². The van der Waals surface area contributed by atoms with Crippen molar-refractivity contribution in [3.63, 3.8) is 0 Å². The molecule has 10 nitrogen and oxygen atoms in total. The van der Waals surface area contributed by atoms with Crippen LogP contribution in [0.1, 0.15) is 28.4 Å². The summed E-state index contributed by atoms with van der Waals surface area (Å²) in [7, 11) is 0. The van der Waals surface area contributed by atoms with E-state index in [1.54, 1.807) is 42.5 Å². The highest BCUT2D eigenvalue weighted by Crippen LogP contribution is 2.29. The highest BCUT2D eigenvalue weighted by Gasteiger charge is 2.19. The molecule has 0 unspecified atom stereocenters. The van der Waals surface area contributed by atoms with E-state index in [1.165, 1.54) is 17.1 Å². The predicted octanol–water partition coefficient (Wildman–Crippen LogP) is 4.64. The Morgan fingerprint density at radius 2 is 1.74 bits per heavy atom. The molecule has 12 heteroatoms. The number of halogens is 2. The van der Waals surface area contributed by atoms with Crippen molar-refractivity contribution in [2.24, 2.45) is 0 Å². The topological polar surface area (TPSA) is 136 Å². The maximum absolute atomic E-state index is 13.2. The highest BCUT2D eigenvalue weighted by atomic mass is 35.5. The monoisotopic (exact) mass is 613 g/mol. The zero-order valence-corrected chi connectivity index (χ0v) is 24.2. The molecule has 0 aliphatic carbocycles. The van der Waals surface area contributed by atoms with Crippen LogP contribution in [0.25, 0.3) is 22.9 Å². The first-order valence-electron chi connectivity index (χ1n) is 13.2. The van der Waals surface area contributed by atoms with Gasteiger partial charge in [-0.1, -0.05) is 77.8 Å². The first-order chi connectivity index (χ1) is 20.9. The fraction of sp³-hybridized carbons (Fsp3) is 0.129. The molecule has 0 fully saturated rings. The van der Waals surface area contributed by atoms with E-state index in [0.717, 1.165) is 16.7 Å². The Kier molecular flexibility index (Phi) is 9.63. The Morgan fingerprint density at radius 1 is 0.953 bits per heavy atom. The Balaban J connectivity index is 1.42. The standard InChI is InChI=1S/C31H25Cl2N7O3/c32-24-11-12-29(40-19-34-38-39-40)23(16-24)10-13-30(43)35-27(15-20-4-2-1-3-5-20)28-17-26(31(33)37-36-28)22-8-6-21(7-9-22)14-25(42)18-41/h1-13,16-17,19,27,41H,14-15,18H2,(H,35,43)/b13-10+/t27-/m0/s1. The number of aliphatic hydroxyl groups is 1. The minimum Gasteiger partial charge on any atom is -0.389 e. The Morgan fingerprint density at radius 3 is 2.47 bits per heavy atom. The number of tetrazole rings is 1. The van der Waals surface area contributed by atoms with E-state index in [2.05, 4.69) is 31.0 Å². The number of hydrogen-bond acceptors (Lipinski definition) is 8. The smallest absolute Gasteiger partial charge is 0.244 e. The predicted molar refractivity (Wildman–Crippen MR) is 163 cm³/mol. The second-order valence-electron chi connectivity index (χ2n) is 9.59. The van der Waals surface area contributed by atoms with Gasteiger partial charge in [0.1, 0.15) is 12.9 Å². The quantitative estimate of drug-likeness (QED) is 0.206. The number of aromatic nitrogens is 6. The van der Waals surface area contributed by atoms with Crippen LogP contribution in [0.3, 0.4) is 0 Å². The summed E-state index contributed by atoms with van der Waals surface area (Å²) in [6.45, 7) is -0.505. The number of amides is 1. The second-order valence-corrected chi connectivity index (χ2v) is 10.4. The van der Waals surface area contributed by atoms with Gasteiger partial charge in [-0.3, -0.25) is 9.59 Å². The van der Waals surface area contributed by atoms with Crippen LogP contribution in [0.2, 0.25) is 10.2 Å². The van der Waals surface area contributed by atoms with Crippen LogP contribution in [-0.2, 0) is 22.4 Å². The number of nitrogens with zero attached hydrogens (tertiary/aromatic N) is 6. The first-order valence-corrected chi connectivity index (χ1v) is 14.0. The Labute approximate surface area is 257 Å². The van der Waals surface area contributed by atoms with Crippen LogP contribution >= 0.6 is 23.2 Å². The third-order valence-corrected chi connectivity index (χ3v) is 7.08. The molecule has 0 aliphatic heterocycles. The zero-order chi connectivity index (χ0) is 30.2. The van der Waals surface area contributed by atoms with Crippen LogP contribution in [0, 0.1) is 0 Å². The van der Waals surface area contributed by atoms with Crippen molar-refractivity contribution in [2.45, 2.75) is 18.9 Å². The fourth-order valence-corrected chi connectivity index (χ4v) is 4.84. The molecular weight excluding hydrogens is 589 g/mol. The molecule has 2 N–H and O–H groups in total. The average Bonchev–Trinajstić information content (AvgIpc) is 3.56. The molecule has 3 aromatic carbocycles. The van der Waals surface area contributed by atoms with E-state index in [1.807, 2.05) is 42.5 Å². The molecule has 0 aliphatic rings. The number of carbonyl (C=O) groups is 2. The molecule has 5 aromatic rings. The normalized spacial score (nSPS) is 11.9. The second kappa shape index (κ2) is 13.9. The molecule has 216 valence electrons. The maximum Gasteiger partial charge on any atom is 0.244 e. The van der Waals surface area contributed by atoms with E-state index in [-0.39, 0.29) is 23.3 Å². The van der Waals surface area contributed by atoms with Crippen LogP contribution < -0.4 is 5.32 Å². The van der Waals surface area contributed by atoms with E-state index >= 15 is 0 Å². The molecule has 0 bridgehead atoms. The summed E-state index contributed by atoms with van der Waals surface area (Å²) in [5.41, 5.74) is 4.96. The van der Waals surface area contributed by atoms with Gasteiger partial charge in [0.05, 0.1) is 17.4 Å². The molecule has 0 radical (unpaired) electrons. The van der Waals surface area contributed by atoms with Crippen LogP contribution in [0.4, 0.5) is 0 Å². The summed E-state index contributed by atoms with van der Waals surface area (Å²) < 4.78 is 1.48. The average molecular weight is 614 g/mol. The molecule has 43 heavy (non-hydrogen) atoms. The molecular formula is C31H25Cl2N7O3. The SMILES string of the molecule is O=C(CO)Cc1ccc(-c2cc([C@H](Cc3ccccc3)NC(=O)/C=C/c3cc(Cl)ccc3-n3cnnn3)nnc2Cl)cc1. The fourth-order valence-electron chi connectivity index (χ4n) is 4.45. The number of rotatable bonds is 11. The van der Waals surface area contributed by atoms with Crippen molar-refractivity contribution in [3.05, 3.63) is 124 Å². The first kappa shape index (κ1) is 29.7. The van der Waals surface area contributed by atoms with Gasteiger partial charge >= 0.3 is 0 Å². The number of aliphatic hydroxyl groups excluding tert-OH is 1. The molecule has 0 spiro atoms. The largest absolute Gasteiger partial charge is 0.389 e. The summed E-state index contributed by atoms with van der Waals surface area (Å²) >= 11 is 12.7. The van der Waals surface area contributed by atoms with Crippen molar-refractivity contribution in [1.82, 2.24) is 35.7 Å². The number of ketones is 1. The van der Waals surface area contributed by atoms with Gasteiger partial charge in [-0.05, 0) is 63.9 Å². The molecule has 1 atom stereocenters. The third-order valence-electron chi connectivity index (χ3n) is 6.57. The summed E-state index contributed by atoms with van der Waals surface area (Å²) in [6.07, 6.45) is 5.09. The lowest BCUT2D eigenvalue weighted by Crippen LogP contribution is -2.29. The van der Waals surface area contributed by atoms with Crippen LogP contribution in [-0.4, -0.2) is 53.8 Å². The van der Waals surface area contributed by atoms with E-state index in [4.69, 9.17) is 28.3 Å². The van der Waals surface area contributed by atoms with Crippen molar-refractivity contribution in [1.29, 1.82) is 0 Å². The zero-order valence-electron chi connectivity index (χ0n) is 22.6. The van der Waals surface area contributed by atoms with Gasteiger partial charge in [0.25, 0.3) is 0 Å².